The Bertz CT molecular complexity index is 299. The maximum Gasteiger partial charge on any atom is 0.308 e. The summed E-state index contributed by atoms with van der Waals surface area (Å²) in [6, 6.07) is 0.307. The van der Waals surface area contributed by atoms with Crippen LogP contribution in [0.15, 0.2) is 0 Å². The summed E-state index contributed by atoms with van der Waals surface area (Å²) in [5.41, 5.74) is 0. The van der Waals surface area contributed by atoms with Gasteiger partial charge >= 0.3 is 5.97 Å². The van der Waals surface area contributed by atoms with Crippen molar-refractivity contribution in [2.45, 2.75) is 45.1 Å². The number of nitrogens with zero attached hydrogens (tertiary/aromatic N) is 1. The van der Waals surface area contributed by atoms with Crippen molar-refractivity contribution in [3.63, 3.8) is 0 Å². The number of hydrogen-bond donors (Lipinski definition) is 1. The molecule has 1 saturated carbocycles. The van der Waals surface area contributed by atoms with E-state index in [0.29, 0.717) is 18.5 Å². The van der Waals surface area contributed by atoms with Gasteiger partial charge in [-0.05, 0) is 31.6 Å². The molecular weight excluding hydrogens is 206 g/mol. The molecule has 2 fully saturated rings. The summed E-state index contributed by atoms with van der Waals surface area (Å²) in [4.78, 5) is 24.3. The Morgan fingerprint density at radius 2 is 1.88 bits per heavy atom. The lowest BCUT2D eigenvalue weighted by Gasteiger charge is -2.45. The molecule has 4 heteroatoms. The predicted octanol–water partition coefficient (Wildman–Crippen LogP) is 1.50. The fourth-order valence-corrected chi connectivity index (χ4v) is 2.87. The molecule has 0 spiro atoms. The van der Waals surface area contributed by atoms with E-state index >= 15 is 0 Å². The number of carboxylic acid groups (broad SMARTS) is 1. The zero-order chi connectivity index (χ0) is 11.7. The number of hydrogen-bond acceptors (Lipinski definition) is 2. The lowest BCUT2D eigenvalue weighted by Crippen LogP contribution is -2.52. The van der Waals surface area contributed by atoms with Gasteiger partial charge in [0.2, 0.25) is 5.91 Å². The molecule has 2 rings (SSSR count). The number of amides is 1. The molecule has 0 radical (unpaired) electrons. The second-order valence-electron chi connectivity index (χ2n) is 5.04. The van der Waals surface area contributed by atoms with Crippen molar-refractivity contribution in [1.82, 2.24) is 4.90 Å². The average Bonchev–Trinajstić information content (AvgIpc) is 2.14. The summed E-state index contributed by atoms with van der Waals surface area (Å²) >= 11 is 0. The number of carbonyl (C=O) groups excluding carboxylic acids is 1. The molecule has 4 nitrogen and oxygen atoms in total. The molecule has 2 aliphatic rings. The Hall–Kier alpha value is -1.06. The van der Waals surface area contributed by atoms with Crippen LogP contribution < -0.4 is 0 Å². The van der Waals surface area contributed by atoms with Gasteiger partial charge < -0.3 is 10.0 Å². The summed E-state index contributed by atoms with van der Waals surface area (Å²) in [6.07, 6.45) is 5.25. The number of rotatable bonds is 2. The van der Waals surface area contributed by atoms with Gasteiger partial charge in [0.1, 0.15) is 0 Å². The fourth-order valence-electron chi connectivity index (χ4n) is 2.87. The Kier molecular flexibility index (Phi) is 3.17. The minimum Gasteiger partial charge on any atom is -0.481 e. The first-order chi connectivity index (χ1) is 7.59. The van der Waals surface area contributed by atoms with Crippen molar-refractivity contribution in [3.8, 4) is 0 Å². The van der Waals surface area contributed by atoms with E-state index in [-0.39, 0.29) is 11.8 Å². The maximum absolute atomic E-state index is 11.6. The van der Waals surface area contributed by atoms with Gasteiger partial charge in [0, 0.05) is 19.5 Å². The summed E-state index contributed by atoms with van der Waals surface area (Å²) < 4.78 is 0. The highest BCUT2D eigenvalue weighted by atomic mass is 16.4. The molecule has 1 amide bonds. The van der Waals surface area contributed by atoms with Crippen molar-refractivity contribution < 1.29 is 14.7 Å². The minimum absolute atomic E-state index is 0.0304. The van der Waals surface area contributed by atoms with E-state index in [4.69, 9.17) is 5.11 Å². The second-order valence-corrected chi connectivity index (χ2v) is 5.04. The van der Waals surface area contributed by atoms with Gasteiger partial charge in [0.25, 0.3) is 0 Å². The SMILES string of the molecule is CC(=O)N1C[C@H](C(=O)O)CC[C@H]1C1CCC1. The van der Waals surface area contributed by atoms with Crippen molar-refractivity contribution in [1.29, 1.82) is 0 Å². The number of carbonyl (C=O) groups is 2. The highest BCUT2D eigenvalue weighted by Gasteiger charge is 2.39. The molecule has 2 atom stereocenters. The van der Waals surface area contributed by atoms with E-state index < -0.39 is 5.97 Å². The van der Waals surface area contributed by atoms with Crippen LogP contribution in [0.2, 0.25) is 0 Å². The van der Waals surface area contributed by atoms with Gasteiger partial charge in [0.05, 0.1) is 5.92 Å². The van der Waals surface area contributed by atoms with Crippen LogP contribution in [0.4, 0.5) is 0 Å². The molecule has 0 aromatic carbocycles. The maximum atomic E-state index is 11.6. The topological polar surface area (TPSA) is 57.6 Å². The number of likely N-dealkylation sites (tertiary alicyclic amines) is 1. The normalized spacial score (nSPS) is 30.9. The van der Waals surface area contributed by atoms with Gasteiger partial charge in [-0.15, -0.1) is 0 Å². The van der Waals surface area contributed by atoms with Gasteiger partial charge in [0.15, 0.2) is 0 Å². The van der Waals surface area contributed by atoms with Gasteiger partial charge in [-0.2, -0.15) is 0 Å². The van der Waals surface area contributed by atoms with Crippen molar-refractivity contribution in [3.05, 3.63) is 0 Å². The van der Waals surface area contributed by atoms with E-state index in [0.717, 1.165) is 12.8 Å². The molecule has 1 saturated heterocycles. The van der Waals surface area contributed by atoms with Crippen LogP contribution in [0.1, 0.15) is 39.0 Å². The molecule has 1 aliphatic heterocycles. The Morgan fingerprint density at radius 1 is 1.19 bits per heavy atom. The highest BCUT2D eigenvalue weighted by molar-refractivity contribution is 5.76. The van der Waals surface area contributed by atoms with Crippen molar-refractivity contribution >= 4 is 11.9 Å². The summed E-state index contributed by atoms with van der Waals surface area (Å²) in [5, 5.41) is 9.00. The minimum atomic E-state index is -0.765. The van der Waals surface area contributed by atoms with Crippen LogP contribution in [0.25, 0.3) is 0 Å². The average molecular weight is 225 g/mol. The van der Waals surface area contributed by atoms with E-state index in [9.17, 15) is 9.59 Å². The molecule has 0 aromatic rings. The zero-order valence-electron chi connectivity index (χ0n) is 9.69. The molecule has 16 heavy (non-hydrogen) atoms. The zero-order valence-corrected chi connectivity index (χ0v) is 9.69. The lowest BCUT2D eigenvalue weighted by molar-refractivity contribution is -0.148. The van der Waals surface area contributed by atoms with Gasteiger partial charge in [-0.1, -0.05) is 6.42 Å². The highest BCUT2D eigenvalue weighted by Crippen LogP contribution is 2.37. The van der Waals surface area contributed by atoms with Gasteiger partial charge in [-0.25, -0.2) is 0 Å². The number of carboxylic acids is 1. The van der Waals surface area contributed by atoms with Crippen LogP contribution in [-0.2, 0) is 9.59 Å². The lowest BCUT2D eigenvalue weighted by atomic mass is 9.75. The number of aliphatic carboxylic acids is 1. The van der Waals surface area contributed by atoms with Crippen molar-refractivity contribution in [2.75, 3.05) is 6.54 Å². The molecule has 0 bridgehead atoms. The Labute approximate surface area is 95.6 Å². The third kappa shape index (κ3) is 2.06. The molecular formula is C12H19NO3. The quantitative estimate of drug-likeness (QED) is 0.774. The molecule has 0 unspecified atom stereocenters. The molecule has 90 valence electrons. The van der Waals surface area contributed by atoms with Crippen LogP contribution in [0.3, 0.4) is 0 Å². The first kappa shape index (κ1) is 11.4. The Balaban J connectivity index is 2.04. The monoisotopic (exact) mass is 225 g/mol. The van der Waals surface area contributed by atoms with Crippen LogP contribution in [0, 0.1) is 11.8 Å². The van der Waals surface area contributed by atoms with Crippen LogP contribution in [-0.4, -0.2) is 34.5 Å². The smallest absolute Gasteiger partial charge is 0.308 e. The summed E-state index contributed by atoms with van der Waals surface area (Å²) in [6.45, 7) is 1.96. The molecule has 1 N–H and O–H groups in total. The third-order valence-corrected chi connectivity index (χ3v) is 4.08. The number of piperidine rings is 1. The molecule has 0 aromatic heterocycles. The largest absolute Gasteiger partial charge is 0.481 e. The van der Waals surface area contributed by atoms with Crippen molar-refractivity contribution in [2.24, 2.45) is 11.8 Å². The predicted molar refractivity (Wildman–Crippen MR) is 58.9 cm³/mol. The van der Waals surface area contributed by atoms with Crippen LogP contribution in [0.5, 0.6) is 0 Å². The first-order valence-electron chi connectivity index (χ1n) is 6.09. The first-order valence-corrected chi connectivity index (χ1v) is 6.09. The van der Waals surface area contributed by atoms with E-state index in [1.54, 1.807) is 11.8 Å². The summed E-state index contributed by atoms with van der Waals surface area (Å²) in [5.74, 6) is -0.472. The summed E-state index contributed by atoms with van der Waals surface area (Å²) in [7, 11) is 0. The molecule has 1 aliphatic carbocycles. The third-order valence-electron chi connectivity index (χ3n) is 4.08. The van der Waals surface area contributed by atoms with E-state index in [1.165, 1.54) is 19.3 Å². The standard InChI is InChI=1S/C12H19NO3/c1-8(14)13-7-10(12(15)16)5-6-11(13)9-3-2-4-9/h9-11H,2-7H2,1H3,(H,15,16)/t10-,11+/m1/s1. The Morgan fingerprint density at radius 3 is 2.31 bits per heavy atom. The second kappa shape index (κ2) is 4.44. The van der Waals surface area contributed by atoms with E-state index in [2.05, 4.69) is 0 Å². The fraction of sp³-hybridized carbons (Fsp3) is 0.833. The van der Waals surface area contributed by atoms with Crippen LogP contribution >= 0.6 is 0 Å². The molecule has 1 heterocycles. The van der Waals surface area contributed by atoms with Gasteiger partial charge in [-0.3, -0.25) is 9.59 Å². The van der Waals surface area contributed by atoms with E-state index in [1.807, 2.05) is 0 Å².